The van der Waals surface area contributed by atoms with Crippen LogP contribution >= 0.6 is 0 Å². The van der Waals surface area contributed by atoms with Gasteiger partial charge >= 0.3 is 0 Å². The van der Waals surface area contributed by atoms with E-state index in [1.54, 1.807) is 0 Å². The molecule has 112 valence electrons. The molecule has 0 saturated heterocycles. The number of carbonyl (C=O) groups is 1. The van der Waals surface area contributed by atoms with Gasteiger partial charge in [0.25, 0.3) is 0 Å². The molecule has 3 heteroatoms. The average Bonchev–Trinajstić information content (AvgIpc) is 2.51. The van der Waals surface area contributed by atoms with Gasteiger partial charge in [-0.15, -0.1) is 0 Å². The maximum Gasteiger partial charge on any atom is 0.225 e. The second kappa shape index (κ2) is 6.16. The molecular weight excluding hydrogens is 272 g/mol. The molecule has 3 aromatic rings. The normalized spacial score (nSPS) is 11.2. The van der Waals surface area contributed by atoms with Crippen molar-refractivity contribution in [3.05, 3.63) is 54.6 Å². The zero-order valence-corrected chi connectivity index (χ0v) is 13.0. The number of amides is 1. The summed E-state index contributed by atoms with van der Waals surface area (Å²) in [4.78, 5) is 13.9. The average molecular weight is 292 g/mol. The van der Waals surface area contributed by atoms with Crippen molar-refractivity contribution in [3.63, 3.8) is 0 Å². The molecule has 0 aromatic heterocycles. The molecule has 3 nitrogen and oxygen atoms in total. The lowest BCUT2D eigenvalue weighted by molar-refractivity contribution is -0.116. The number of fused-ring (bicyclic) bond motifs is 2. The van der Waals surface area contributed by atoms with Gasteiger partial charge in [-0.05, 0) is 59.9 Å². The van der Waals surface area contributed by atoms with Crippen molar-refractivity contribution < 1.29 is 4.79 Å². The molecule has 0 aliphatic heterocycles. The molecule has 0 bridgehead atoms. The Labute approximate surface area is 130 Å². The van der Waals surface area contributed by atoms with Gasteiger partial charge in [-0.1, -0.05) is 30.3 Å². The van der Waals surface area contributed by atoms with Crippen LogP contribution in [-0.2, 0) is 4.79 Å². The third-order valence-electron chi connectivity index (χ3n) is 3.77. The van der Waals surface area contributed by atoms with Crippen LogP contribution < -0.4 is 5.32 Å². The smallest absolute Gasteiger partial charge is 0.225 e. The molecule has 3 aromatic carbocycles. The highest BCUT2D eigenvalue weighted by molar-refractivity contribution is 6.00. The fourth-order valence-electron chi connectivity index (χ4n) is 2.57. The zero-order chi connectivity index (χ0) is 15.5. The maximum absolute atomic E-state index is 11.9. The van der Waals surface area contributed by atoms with E-state index in [2.05, 4.69) is 35.6 Å². The van der Waals surface area contributed by atoms with E-state index in [0.29, 0.717) is 6.42 Å². The highest BCUT2D eigenvalue weighted by atomic mass is 16.1. The second-order valence-corrected chi connectivity index (χ2v) is 5.86. The molecule has 0 radical (unpaired) electrons. The van der Waals surface area contributed by atoms with Crippen LogP contribution in [0.2, 0.25) is 0 Å². The van der Waals surface area contributed by atoms with E-state index < -0.39 is 0 Å². The van der Waals surface area contributed by atoms with Gasteiger partial charge in [0, 0.05) is 18.7 Å². The van der Waals surface area contributed by atoms with Gasteiger partial charge in [0.15, 0.2) is 0 Å². The topological polar surface area (TPSA) is 32.3 Å². The van der Waals surface area contributed by atoms with Crippen molar-refractivity contribution in [1.82, 2.24) is 4.90 Å². The highest BCUT2D eigenvalue weighted by Gasteiger charge is 2.04. The Morgan fingerprint density at radius 2 is 1.55 bits per heavy atom. The van der Waals surface area contributed by atoms with E-state index in [1.807, 2.05) is 43.3 Å². The first kappa shape index (κ1) is 14.5. The molecule has 0 spiro atoms. The monoisotopic (exact) mass is 292 g/mol. The minimum Gasteiger partial charge on any atom is -0.326 e. The molecule has 22 heavy (non-hydrogen) atoms. The number of nitrogens with one attached hydrogen (secondary N) is 1. The van der Waals surface area contributed by atoms with Gasteiger partial charge in [0.1, 0.15) is 0 Å². The van der Waals surface area contributed by atoms with Gasteiger partial charge in [0.2, 0.25) is 5.91 Å². The Morgan fingerprint density at radius 3 is 2.23 bits per heavy atom. The SMILES string of the molecule is CN(C)CCC(=O)Nc1ccc2cc3ccccc3cc2c1. The van der Waals surface area contributed by atoms with Gasteiger partial charge < -0.3 is 10.2 Å². The van der Waals surface area contributed by atoms with E-state index in [1.165, 1.54) is 16.2 Å². The van der Waals surface area contributed by atoms with Crippen molar-refractivity contribution in [1.29, 1.82) is 0 Å². The molecule has 0 unspecified atom stereocenters. The summed E-state index contributed by atoms with van der Waals surface area (Å²) in [6.45, 7) is 0.754. The summed E-state index contributed by atoms with van der Waals surface area (Å²) < 4.78 is 0. The lowest BCUT2D eigenvalue weighted by Crippen LogP contribution is -2.20. The summed E-state index contributed by atoms with van der Waals surface area (Å²) >= 11 is 0. The van der Waals surface area contributed by atoms with Crippen LogP contribution in [0.25, 0.3) is 21.5 Å². The lowest BCUT2D eigenvalue weighted by Gasteiger charge is -2.10. The van der Waals surface area contributed by atoms with Gasteiger partial charge in [-0.2, -0.15) is 0 Å². The van der Waals surface area contributed by atoms with Crippen LogP contribution in [-0.4, -0.2) is 31.4 Å². The highest BCUT2D eigenvalue weighted by Crippen LogP contribution is 2.25. The van der Waals surface area contributed by atoms with Crippen LogP contribution in [0.1, 0.15) is 6.42 Å². The number of benzene rings is 3. The first-order valence-corrected chi connectivity index (χ1v) is 7.49. The predicted octanol–water partition coefficient (Wildman–Crippen LogP) is 3.88. The Balaban J connectivity index is 1.86. The van der Waals surface area contributed by atoms with Crippen molar-refractivity contribution in [3.8, 4) is 0 Å². The maximum atomic E-state index is 11.9. The van der Waals surface area contributed by atoms with Crippen LogP contribution in [0.15, 0.2) is 54.6 Å². The van der Waals surface area contributed by atoms with Crippen molar-refractivity contribution in [2.45, 2.75) is 6.42 Å². The quantitative estimate of drug-likeness (QED) is 0.740. The Kier molecular flexibility index (Phi) is 4.07. The molecule has 0 fully saturated rings. The van der Waals surface area contributed by atoms with Crippen LogP contribution in [0.3, 0.4) is 0 Å². The Morgan fingerprint density at radius 1 is 0.909 bits per heavy atom. The van der Waals surface area contributed by atoms with Crippen LogP contribution in [0, 0.1) is 0 Å². The third-order valence-corrected chi connectivity index (χ3v) is 3.77. The summed E-state index contributed by atoms with van der Waals surface area (Å²) in [7, 11) is 3.93. The first-order valence-electron chi connectivity index (χ1n) is 7.49. The molecule has 0 aliphatic carbocycles. The number of rotatable bonds is 4. The Bertz CT molecular complexity index is 824. The first-order chi connectivity index (χ1) is 10.6. The van der Waals surface area contributed by atoms with Crippen molar-refractivity contribution in [2.24, 2.45) is 0 Å². The molecule has 0 atom stereocenters. The fraction of sp³-hybridized carbons (Fsp3) is 0.211. The Hall–Kier alpha value is -2.39. The number of carbonyl (C=O) groups excluding carboxylic acids is 1. The summed E-state index contributed by atoms with van der Waals surface area (Å²) in [5, 5.41) is 7.75. The molecule has 0 aliphatic rings. The van der Waals surface area contributed by atoms with E-state index in [-0.39, 0.29) is 5.91 Å². The summed E-state index contributed by atoms with van der Waals surface area (Å²) in [6, 6.07) is 18.7. The largest absolute Gasteiger partial charge is 0.326 e. The standard InChI is InChI=1S/C19H20N2O/c1-21(2)10-9-19(22)20-18-8-7-16-11-14-5-3-4-6-15(14)12-17(16)13-18/h3-8,11-13H,9-10H2,1-2H3,(H,20,22). The summed E-state index contributed by atoms with van der Waals surface area (Å²) in [5.41, 5.74) is 0.853. The summed E-state index contributed by atoms with van der Waals surface area (Å²) in [5.74, 6) is 0.0499. The van der Waals surface area contributed by atoms with Crippen molar-refractivity contribution >= 4 is 33.1 Å². The lowest BCUT2D eigenvalue weighted by atomic mass is 10.0. The van der Waals surface area contributed by atoms with Gasteiger partial charge in [-0.25, -0.2) is 0 Å². The zero-order valence-electron chi connectivity index (χ0n) is 13.0. The minimum atomic E-state index is 0.0499. The number of hydrogen-bond acceptors (Lipinski definition) is 2. The van der Waals surface area contributed by atoms with E-state index in [9.17, 15) is 4.79 Å². The van der Waals surface area contributed by atoms with Crippen LogP contribution in [0.5, 0.6) is 0 Å². The fourth-order valence-corrected chi connectivity index (χ4v) is 2.57. The van der Waals surface area contributed by atoms with E-state index >= 15 is 0 Å². The molecule has 3 rings (SSSR count). The number of anilines is 1. The van der Waals surface area contributed by atoms with Crippen LogP contribution in [0.4, 0.5) is 5.69 Å². The number of nitrogens with zero attached hydrogens (tertiary/aromatic N) is 1. The number of hydrogen-bond donors (Lipinski definition) is 1. The molecule has 1 N–H and O–H groups in total. The van der Waals surface area contributed by atoms with E-state index in [0.717, 1.165) is 17.6 Å². The minimum absolute atomic E-state index is 0.0499. The van der Waals surface area contributed by atoms with Gasteiger partial charge in [-0.3, -0.25) is 4.79 Å². The summed E-state index contributed by atoms with van der Waals surface area (Å²) in [6.07, 6.45) is 0.503. The second-order valence-electron chi connectivity index (χ2n) is 5.86. The van der Waals surface area contributed by atoms with Gasteiger partial charge in [0.05, 0.1) is 0 Å². The van der Waals surface area contributed by atoms with Crippen molar-refractivity contribution in [2.75, 3.05) is 26.0 Å². The molecule has 0 heterocycles. The molecule has 0 saturated carbocycles. The molecular formula is C19H20N2O. The molecule has 1 amide bonds. The van der Waals surface area contributed by atoms with E-state index in [4.69, 9.17) is 0 Å². The third kappa shape index (κ3) is 3.26. The predicted molar refractivity (Wildman–Crippen MR) is 93.3 cm³/mol.